The predicted octanol–water partition coefficient (Wildman–Crippen LogP) is 5.97. The minimum absolute atomic E-state index is 0.0577. The highest BCUT2D eigenvalue weighted by molar-refractivity contribution is 7.91. The van der Waals surface area contributed by atoms with Crippen LogP contribution in [0.4, 0.5) is 18.0 Å². The maximum absolute atomic E-state index is 16.3. The van der Waals surface area contributed by atoms with Gasteiger partial charge in [-0.05, 0) is 75.3 Å². The van der Waals surface area contributed by atoms with Crippen molar-refractivity contribution >= 4 is 44.7 Å². The summed E-state index contributed by atoms with van der Waals surface area (Å²) in [5.74, 6) is -4.68. The molecule has 1 aromatic carbocycles. The van der Waals surface area contributed by atoms with E-state index in [1.165, 1.54) is 18.9 Å². The first kappa shape index (κ1) is 42.9. The topological polar surface area (TPSA) is 183 Å². The second-order valence-electron chi connectivity index (χ2n) is 18.4. The van der Waals surface area contributed by atoms with Crippen LogP contribution in [0.1, 0.15) is 111 Å². The first-order chi connectivity index (χ1) is 27.7. The number of fused-ring (bicyclic) bond motifs is 5. The number of carbonyl (C=O) groups is 4. The summed E-state index contributed by atoms with van der Waals surface area (Å²) in [7, 11) is -2.75. The van der Waals surface area contributed by atoms with E-state index in [4.69, 9.17) is 14.2 Å². The van der Waals surface area contributed by atoms with E-state index >= 15 is 4.39 Å². The van der Waals surface area contributed by atoms with Crippen molar-refractivity contribution < 1.29 is 55.0 Å². The molecule has 5 aliphatic rings. The van der Waals surface area contributed by atoms with Gasteiger partial charge in [-0.2, -0.15) is 0 Å². The maximum Gasteiger partial charge on any atom is 0.408 e. The molecule has 3 heterocycles. The van der Waals surface area contributed by atoms with Crippen molar-refractivity contribution in [1.29, 1.82) is 0 Å². The molecule has 324 valence electrons. The summed E-state index contributed by atoms with van der Waals surface area (Å²) < 4.78 is 89.7. The van der Waals surface area contributed by atoms with E-state index in [2.05, 4.69) is 15.3 Å². The van der Waals surface area contributed by atoms with Crippen LogP contribution in [0.15, 0.2) is 18.2 Å². The molecule has 14 nitrogen and oxygen atoms in total. The fourth-order valence-electron chi connectivity index (χ4n) is 8.77. The second-order valence-corrected chi connectivity index (χ2v) is 20.6. The zero-order valence-electron chi connectivity index (χ0n) is 34.3. The molecule has 3 amide bonds. The summed E-state index contributed by atoms with van der Waals surface area (Å²) in [6, 6.07) is 2.32. The van der Waals surface area contributed by atoms with Gasteiger partial charge in [0.2, 0.25) is 34.1 Å². The highest BCUT2D eigenvalue weighted by Gasteiger charge is 2.67. The Morgan fingerprint density at radius 2 is 1.80 bits per heavy atom. The summed E-state index contributed by atoms with van der Waals surface area (Å²) in [5, 5.41) is 2.72. The molecule has 0 spiro atoms. The highest BCUT2D eigenvalue weighted by atomic mass is 32.2. The van der Waals surface area contributed by atoms with E-state index in [0.29, 0.717) is 42.5 Å². The molecule has 0 radical (unpaired) electrons. The van der Waals surface area contributed by atoms with Gasteiger partial charge in [-0.1, -0.05) is 40.5 Å². The Morgan fingerprint density at radius 1 is 1.08 bits per heavy atom. The van der Waals surface area contributed by atoms with Crippen molar-refractivity contribution in [1.82, 2.24) is 24.9 Å². The first-order valence-electron chi connectivity index (χ1n) is 20.5. The van der Waals surface area contributed by atoms with Crippen molar-refractivity contribution in [3.8, 4) is 11.6 Å². The van der Waals surface area contributed by atoms with Gasteiger partial charge >= 0.3 is 6.09 Å². The van der Waals surface area contributed by atoms with Crippen molar-refractivity contribution in [2.24, 2.45) is 28.6 Å². The molecule has 1 saturated heterocycles. The lowest BCUT2D eigenvalue weighted by atomic mass is 9.84. The smallest absolute Gasteiger partial charge is 0.408 e. The minimum atomic E-state index is -4.24. The fourth-order valence-corrected chi connectivity index (χ4v) is 10.1. The Bertz CT molecular complexity index is 2110. The Labute approximate surface area is 342 Å². The summed E-state index contributed by atoms with van der Waals surface area (Å²) in [6.07, 6.45) is -4.73. The fraction of sp³-hybridized carbons (Fsp3) is 0.707. The summed E-state index contributed by atoms with van der Waals surface area (Å²) in [5.41, 5.74) is -2.31. The lowest BCUT2D eigenvalue weighted by molar-refractivity contribution is -0.143. The Kier molecular flexibility index (Phi) is 11.4. The number of ether oxygens (including phenoxy) is 3. The molecule has 2 bridgehead atoms. The second kappa shape index (κ2) is 15.7. The summed E-state index contributed by atoms with van der Waals surface area (Å²) in [4.78, 5) is 67.3. The number of hydrogen-bond donors (Lipinski definition) is 2. The number of ketones is 1. The quantitative estimate of drug-likeness (QED) is 0.304. The van der Waals surface area contributed by atoms with Crippen LogP contribution >= 0.6 is 0 Å². The molecule has 59 heavy (non-hydrogen) atoms. The average molecular weight is 850 g/mol. The monoisotopic (exact) mass is 849 g/mol. The van der Waals surface area contributed by atoms with E-state index in [1.807, 2.05) is 4.72 Å². The van der Waals surface area contributed by atoms with Gasteiger partial charge < -0.3 is 24.4 Å². The zero-order valence-corrected chi connectivity index (χ0v) is 35.1. The molecule has 2 N–H and O–H groups in total. The lowest BCUT2D eigenvalue weighted by Gasteiger charge is -2.36. The van der Waals surface area contributed by atoms with Crippen LogP contribution < -0.4 is 19.5 Å². The molecular formula is C41H54F3N5O9S. The van der Waals surface area contributed by atoms with Gasteiger partial charge in [0.05, 0.1) is 40.9 Å². The SMILES string of the molecule is CC[C@@H]1[C@@H]2CN(C(=O)[C@H](C(C)(C)C)NC(=O)O[C@@H]3C[C@H]3CCCCC(F)c3nc4ccc(OC)cc4nc3O2)[C@@H]1C(=O)C[C@]1(C(=O)NS(=O)(=O)C2(C)CC2)C[C@H]1C(F)F. The van der Waals surface area contributed by atoms with Gasteiger partial charge in [-0.15, -0.1) is 0 Å². The molecule has 3 aliphatic carbocycles. The third-order valence-electron chi connectivity index (χ3n) is 13.1. The van der Waals surface area contributed by atoms with Crippen molar-refractivity contribution in [3.05, 3.63) is 23.9 Å². The van der Waals surface area contributed by atoms with Crippen LogP contribution in [0, 0.1) is 28.6 Å². The molecule has 7 rings (SSSR count). The highest BCUT2D eigenvalue weighted by Crippen LogP contribution is 2.59. The number of alkyl carbamates (subject to hydrolysis) is 1. The average Bonchev–Trinajstić information content (AvgIpc) is 4.12. The van der Waals surface area contributed by atoms with E-state index in [0.717, 1.165) is 0 Å². The standard InChI is InChI=1S/C41H54F3N5O9S/c1-7-23-30-20-49(32(23)28(50)19-41(18-24(41)34(43)44)37(52)48-59(54,55)40(5)14-15-40)36(51)33(39(2,3)4)47-38(53)58-29-16-21(29)10-8-9-11-25(42)31-35(57-30)46-27-17-22(56-6)12-13-26(27)45-31/h12-13,17,21,23-25,29-30,32-34H,7-11,14-16,18-20H2,1-6H3,(H,47,53)(H,48,52)/t21-,23-,24+,25?,29-,30+,32+,33-,41-/m1/s1. The molecule has 2 aromatic rings. The zero-order chi connectivity index (χ0) is 42.8. The van der Waals surface area contributed by atoms with Gasteiger partial charge in [-0.25, -0.2) is 36.4 Å². The Morgan fingerprint density at radius 3 is 2.42 bits per heavy atom. The van der Waals surface area contributed by atoms with Gasteiger partial charge in [0, 0.05) is 24.3 Å². The number of hydrogen-bond acceptors (Lipinski definition) is 11. The maximum atomic E-state index is 16.3. The van der Waals surface area contributed by atoms with Gasteiger partial charge in [0.25, 0.3) is 0 Å². The van der Waals surface area contributed by atoms with Crippen molar-refractivity contribution in [2.75, 3.05) is 13.7 Å². The molecule has 9 atom stereocenters. The van der Waals surface area contributed by atoms with Crippen LogP contribution in [0.3, 0.4) is 0 Å². The third-order valence-corrected chi connectivity index (χ3v) is 15.2. The third kappa shape index (κ3) is 8.43. The number of benzene rings is 1. The van der Waals surface area contributed by atoms with Crippen LogP contribution in [0.2, 0.25) is 0 Å². The lowest BCUT2D eigenvalue weighted by Crippen LogP contribution is -2.57. The van der Waals surface area contributed by atoms with E-state index < -0.39 is 105 Å². The molecule has 1 unspecified atom stereocenters. The van der Waals surface area contributed by atoms with E-state index in [1.54, 1.807) is 45.9 Å². The van der Waals surface area contributed by atoms with E-state index in [9.17, 15) is 36.4 Å². The van der Waals surface area contributed by atoms with Gasteiger partial charge in [0.15, 0.2) is 5.78 Å². The molecule has 1 aromatic heterocycles. The number of nitrogens with one attached hydrogen (secondary N) is 2. The summed E-state index contributed by atoms with van der Waals surface area (Å²) >= 11 is 0. The molecule has 2 aliphatic heterocycles. The Balaban J connectivity index is 1.28. The normalized spacial score (nSPS) is 32.1. The summed E-state index contributed by atoms with van der Waals surface area (Å²) in [6.45, 7) is 8.11. The van der Waals surface area contributed by atoms with Crippen LogP contribution in [-0.4, -0.2) is 96.1 Å². The number of nitrogens with zero attached hydrogens (tertiary/aromatic N) is 3. The van der Waals surface area contributed by atoms with Gasteiger partial charge in [0.1, 0.15) is 35.9 Å². The van der Waals surface area contributed by atoms with Gasteiger partial charge in [-0.3, -0.25) is 19.1 Å². The molecular weight excluding hydrogens is 796 g/mol. The number of carbonyl (C=O) groups excluding carboxylic acids is 4. The molecule has 3 saturated carbocycles. The first-order valence-corrected chi connectivity index (χ1v) is 22.0. The van der Waals surface area contributed by atoms with Crippen molar-refractivity contribution in [2.45, 2.75) is 140 Å². The number of methoxy groups -OCH3 is 1. The number of alkyl halides is 3. The van der Waals surface area contributed by atoms with Crippen molar-refractivity contribution in [3.63, 3.8) is 0 Å². The molecule has 4 fully saturated rings. The number of halogens is 3. The number of sulfonamides is 1. The minimum Gasteiger partial charge on any atom is -0.497 e. The van der Waals surface area contributed by atoms with Crippen LogP contribution in [0.25, 0.3) is 11.0 Å². The molecule has 18 heteroatoms. The largest absolute Gasteiger partial charge is 0.497 e. The van der Waals surface area contributed by atoms with Crippen LogP contribution in [0.5, 0.6) is 11.6 Å². The number of aromatic nitrogens is 2. The Hall–Kier alpha value is -4.22. The predicted molar refractivity (Wildman–Crippen MR) is 208 cm³/mol. The number of rotatable bonds is 9. The number of amides is 3. The van der Waals surface area contributed by atoms with E-state index in [-0.39, 0.29) is 55.8 Å². The van der Waals surface area contributed by atoms with Crippen LogP contribution in [-0.2, 0) is 29.1 Å². The number of Topliss-reactive ketones (excluding diaryl/α,β-unsaturated/α-hetero) is 1.